The Labute approximate surface area is 108 Å². The molecular weight excluding hydrogens is 228 g/mol. The SMILES string of the molecule is c1csc(C(NC2CC2)C2CCCCCC2)n1. The van der Waals surface area contributed by atoms with E-state index in [0.717, 1.165) is 12.0 Å². The smallest absolute Gasteiger partial charge is 0.110 e. The fourth-order valence-corrected chi connectivity index (χ4v) is 3.74. The number of nitrogens with zero attached hydrogens (tertiary/aromatic N) is 1. The van der Waals surface area contributed by atoms with Crippen molar-refractivity contribution in [1.29, 1.82) is 0 Å². The Kier molecular flexibility index (Phi) is 3.77. The number of thiazole rings is 1. The minimum Gasteiger partial charge on any atom is -0.305 e. The summed E-state index contributed by atoms with van der Waals surface area (Å²) in [5, 5.41) is 7.28. The van der Waals surface area contributed by atoms with Crippen molar-refractivity contribution in [3.63, 3.8) is 0 Å². The van der Waals surface area contributed by atoms with Gasteiger partial charge in [0, 0.05) is 17.6 Å². The molecule has 0 aliphatic heterocycles. The second-order valence-electron chi connectivity index (χ2n) is 5.54. The molecular formula is C14H22N2S. The third-order valence-corrected chi connectivity index (χ3v) is 4.94. The third kappa shape index (κ3) is 3.08. The lowest BCUT2D eigenvalue weighted by molar-refractivity contribution is 0.322. The predicted molar refractivity (Wildman–Crippen MR) is 72.2 cm³/mol. The Hall–Kier alpha value is -0.410. The molecule has 0 radical (unpaired) electrons. The standard InChI is InChI=1S/C14H22N2S/c1-2-4-6-11(5-3-1)13(16-12-7-8-12)14-15-9-10-17-14/h9-13,16H,1-8H2. The molecule has 1 atom stereocenters. The van der Waals surface area contributed by atoms with Gasteiger partial charge in [-0.1, -0.05) is 25.7 Å². The van der Waals surface area contributed by atoms with Gasteiger partial charge in [-0.3, -0.25) is 0 Å². The molecule has 3 rings (SSSR count). The van der Waals surface area contributed by atoms with E-state index >= 15 is 0 Å². The molecule has 0 aromatic carbocycles. The number of nitrogens with one attached hydrogen (secondary N) is 1. The molecule has 1 unspecified atom stereocenters. The fourth-order valence-electron chi connectivity index (χ4n) is 2.95. The molecule has 0 amide bonds. The number of aromatic nitrogens is 1. The average molecular weight is 250 g/mol. The zero-order valence-corrected chi connectivity index (χ0v) is 11.2. The lowest BCUT2D eigenvalue weighted by Gasteiger charge is -2.25. The summed E-state index contributed by atoms with van der Waals surface area (Å²) in [5.41, 5.74) is 0. The molecule has 94 valence electrons. The monoisotopic (exact) mass is 250 g/mol. The van der Waals surface area contributed by atoms with E-state index in [-0.39, 0.29) is 0 Å². The highest BCUT2D eigenvalue weighted by molar-refractivity contribution is 7.09. The van der Waals surface area contributed by atoms with E-state index in [1.807, 2.05) is 17.5 Å². The lowest BCUT2D eigenvalue weighted by Crippen LogP contribution is -2.29. The molecule has 17 heavy (non-hydrogen) atoms. The van der Waals surface area contributed by atoms with Crippen molar-refractivity contribution < 1.29 is 0 Å². The average Bonchev–Trinajstić information content (AvgIpc) is 3.08. The normalized spacial score (nSPS) is 24.5. The Bertz CT molecular complexity index is 324. The molecule has 1 aromatic rings. The van der Waals surface area contributed by atoms with Crippen LogP contribution in [0.5, 0.6) is 0 Å². The van der Waals surface area contributed by atoms with Crippen molar-refractivity contribution in [2.24, 2.45) is 5.92 Å². The van der Waals surface area contributed by atoms with Gasteiger partial charge in [-0.15, -0.1) is 11.3 Å². The Balaban J connectivity index is 1.71. The van der Waals surface area contributed by atoms with E-state index < -0.39 is 0 Å². The first-order chi connectivity index (χ1) is 8.43. The molecule has 2 aliphatic rings. The van der Waals surface area contributed by atoms with Crippen molar-refractivity contribution in [1.82, 2.24) is 10.3 Å². The maximum atomic E-state index is 4.56. The summed E-state index contributed by atoms with van der Waals surface area (Å²) in [7, 11) is 0. The molecule has 2 aliphatic carbocycles. The van der Waals surface area contributed by atoms with E-state index in [9.17, 15) is 0 Å². The van der Waals surface area contributed by atoms with Gasteiger partial charge in [-0.05, 0) is 31.6 Å². The minimum absolute atomic E-state index is 0.542. The van der Waals surface area contributed by atoms with Gasteiger partial charge in [-0.25, -0.2) is 4.98 Å². The molecule has 3 heteroatoms. The minimum atomic E-state index is 0.542. The van der Waals surface area contributed by atoms with Crippen LogP contribution in [0.3, 0.4) is 0 Å². The lowest BCUT2D eigenvalue weighted by atomic mass is 9.92. The van der Waals surface area contributed by atoms with Crippen molar-refractivity contribution in [3.8, 4) is 0 Å². The van der Waals surface area contributed by atoms with E-state index in [2.05, 4.69) is 15.7 Å². The first-order valence-corrected chi connectivity index (χ1v) is 7.97. The topological polar surface area (TPSA) is 24.9 Å². The molecule has 1 heterocycles. The Morgan fingerprint density at radius 1 is 1.12 bits per heavy atom. The van der Waals surface area contributed by atoms with Crippen molar-refractivity contribution in [2.45, 2.75) is 63.5 Å². The summed E-state index contributed by atoms with van der Waals surface area (Å²) in [6.07, 6.45) is 13.2. The van der Waals surface area contributed by atoms with Gasteiger partial charge in [-0.2, -0.15) is 0 Å². The van der Waals surface area contributed by atoms with Crippen LogP contribution in [-0.4, -0.2) is 11.0 Å². The van der Waals surface area contributed by atoms with Crippen LogP contribution in [-0.2, 0) is 0 Å². The van der Waals surface area contributed by atoms with Crippen LogP contribution < -0.4 is 5.32 Å². The Morgan fingerprint density at radius 2 is 1.88 bits per heavy atom. The first kappa shape index (κ1) is 11.7. The van der Waals surface area contributed by atoms with Crippen molar-refractivity contribution in [2.75, 3.05) is 0 Å². The molecule has 2 nitrogen and oxygen atoms in total. The Morgan fingerprint density at radius 3 is 2.47 bits per heavy atom. The highest BCUT2D eigenvalue weighted by Gasteiger charge is 2.31. The fraction of sp³-hybridized carbons (Fsp3) is 0.786. The van der Waals surface area contributed by atoms with Gasteiger partial charge in [0.15, 0.2) is 0 Å². The van der Waals surface area contributed by atoms with Crippen LogP contribution in [0.1, 0.15) is 62.4 Å². The molecule has 2 saturated carbocycles. The summed E-state index contributed by atoms with van der Waals surface area (Å²) in [5.74, 6) is 0.823. The highest BCUT2D eigenvalue weighted by atomic mass is 32.1. The number of hydrogen-bond acceptors (Lipinski definition) is 3. The van der Waals surface area contributed by atoms with E-state index in [1.165, 1.54) is 56.4 Å². The molecule has 0 spiro atoms. The zero-order valence-electron chi connectivity index (χ0n) is 10.4. The summed E-state index contributed by atoms with van der Waals surface area (Å²) in [6, 6.07) is 1.33. The summed E-state index contributed by atoms with van der Waals surface area (Å²) in [4.78, 5) is 4.56. The maximum Gasteiger partial charge on any atom is 0.110 e. The highest BCUT2D eigenvalue weighted by Crippen LogP contribution is 2.36. The van der Waals surface area contributed by atoms with Gasteiger partial charge in [0.1, 0.15) is 5.01 Å². The van der Waals surface area contributed by atoms with Crippen LogP contribution in [0, 0.1) is 5.92 Å². The van der Waals surface area contributed by atoms with Gasteiger partial charge >= 0.3 is 0 Å². The molecule has 0 saturated heterocycles. The summed E-state index contributed by atoms with van der Waals surface area (Å²) in [6.45, 7) is 0. The van der Waals surface area contributed by atoms with Crippen molar-refractivity contribution in [3.05, 3.63) is 16.6 Å². The van der Waals surface area contributed by atoms with Gasteiger partial charge in [0.2, 0.25) is 0 Å². The largest absolute Gasteiger partial charge is 0.305 e. The quantitative estimate of drug-likeness (QED) is 0.820. The first-order valence-electron chi connectivity index (χ1n) is 7.09. The number of hydrogen-bond donors (Lipinski definition) is 1. The van der Waals surface area contributed by atoms with Crippen LogP contribution in [0.25, 0.3) is 0 Å². The molecule has 0 bridgehead atoms. The van der Waals surface area contributed by atoms with E-state index in [1.54, 1.807) is 0 Å². The second kappa shape index (κ2) is 5.49. The molecule has 1 N–H and O–H groups in total. The summed E-state index contributed by atoms with van der Waals surface area (Å²) < 4.78 is 0. The van der Waals surface area contributed by atoms with E-state index in [4.69, 9.17) is 0 Å². The third-order valence-electron chi connectivity index (χ3n) is 4.08. The summed E-state index contributed by atoms with van der Waals surface area (Å²) >= 11 is 1.83. The predicted octanol–water partition coefficient (Wildman–Crippen LogP) is 3.91. The van der Waals surface area contributed by atoms with Crippen LogP contribution in [0.4, 0.5) is 0 Å². The van der Waals surface area contributed by atoms with Gasteiger partial charge < -0.3 is 5.32 Å². The van der Waals surface area contributed by atoms with Crippen LogP contribution in [0.2, 0.25) is 0 Å². The zero-order chi connectivity index (χ0) is 11.5. The maximum absolute atomic E-state index is 4.56. The van der Waals surface area contributed by atoms with Gasteiger partial charge in [0.05, 0.1) is 6.04 Å². The number of rotatable bonds is 4. The molecule has 1 aromatic heterocycles. The van der Waals surface area contributed by atoms with E-state index in [0.29, 0.717) is 6.04 Å². The van der Waals surface area contributed by atoms with Crippen molar-refractivity contribution >= 4 is 11.3 Å². The molecule has 2 fully saturated rings. The second-order valence-corrected chi connectivity index (χ2v) is 6.47. The van der Waals surface area contributed by atoms with Gasteiger partial charge in [0.25, 0.3) is 0 Å². The van der Waals surface area contributed by atoms with Crippen LogP contribution in [0.15, 0.2) is 11.6 Å². The van der Waals surface area contributed by atoms with Crippen LogP contribution >= 0.6 is 11.3 Å².